The molecule has 0 amide bonds. The Labute approximate surface area is 169 Å². The molecule has 0 aliphatic rings. The van der Waals surface area contributed by atoms with Crippen molar-refractivity contribution in [3.63, 3.8) is 0 Å². The highest BCUT2D eigenvalue weighted by molar-refractivity contribution is 7.89. The molecule has 0 aromatic heterocycles. The monoisotopic (exact) mass is 416 g/mol. The van der Waals surface area contributed by atoms with Crippen LogP contribution >= 0.6 is 0 Å². The zero-order valence-electron chi connectivity index (χ0n) is 16.2. The molecule has 0 bridgehead atoms. The zero-order valence-corrected chi connectivity index (χ0v) is 17.0. The standard InChI is InChI=1S/C22H22F2N2O2S/c1-26(2)15-16-7-9-17(10-8-16)22-6-4-3-5-18(22)14-25-29(27,28)21-12-19(23)11-20(24)13-21/h3-13,25H,14-15H2,1-2H3. The summed E-state index contributed by atoms with van der Waals surface area (Å²) in [6.07, 6.45) is 0. The Morgan fingerprint density at radius 2 is 1.52 bits per heavy atom. The lowest BCUT2D eigenvalue weighted by Crippen LogP contribution is -2.23. The summed E-state index contributed by atoms with van der Waals surface area (Å²) in [6.45, 7) is 0.821. The van der Waals surface area contributed by atoms with Gasteiger partial charge >= 0.3 is 0 Å². The summed E-state index contributed by atoms with van der Waals surface area (Å²) in [4.78, 5) is 1.63. The Kier molecular flexibility index (Phi) is 6.42. The molecule has 0 fully saturated rings. The Morgan fingerprint density at radius 3 is 2.14 bits per heavy atom. The third kappa shape index (κ3) is 5.47. The van der Waals surface area contributed by atoms with Crippen molar-refractivity contribution in [3.05, 3.63) is 89.5 Å². The van der Waals surface area contributed by atoms with E-state index in [-0.39, 0.29) is 6.54 Å². The van der Waals surface area contributed by atoms with Gasteiger partial charge in [0.05, 0.1) is 4.90 Å². The van der Waals surface area contributed by atoms with Crippen molar-refractivity contribution in [2.45, 2.75) is 18.0 Å². The maximum absolute atomic E-state index is 13.4. The normalized spacial score (nSPS) is 11.8. The van der Waals surface area contributed by atoms with Crippen LogP contribution in [0.25, 0.3) is 11.1 Å². The quantitative estimate of drug-likeness (QED) is 0.629. The molecule has 7 heteroatoms. The van der Waals surface area contributed by atoms with Crippen LogP contribution in [-0.2, 0) is 23.1 Å². The van der Waals surface area contributed by atoms with Crippen LogP contribution in [0.15, 0.2) is 71.6 Å². The van der Waals surface area contributed by atoms with Crippen molar-refractivity contribution >= 4 is 10.0 Å². The molecule has 0 spiro atoms. The van der Waals surface area contributed by atoms with Gasteiger partial charge in [-0.15, -0.1) is 0 Å². The minimum absolute atomic E-state index is 0.00388. The van der Waals surface area contributed by atoms with Crippen molar-refractivity contribution < 1.29 is 17.2 Å². The molecule has 0 saturated heterocycles. The van der Waals surface area contributed by atoms with Gasteiger partial charge in [0.15, 0.2) is 0 Å². The molecular formula is C22H22F2N2O2S. The molecule has 0 saturated carbocycles. The molecule has 0 aliphatic heterocycles. The van der Waals surface area contributed by atoms with Crippen LogP contribution in [0, 0.1) is 11.6 Å². The largest absolute Gasteiger partial charge is 0.305 e. The van der Waals surface area contributed by atoms with E-state index in [1.807, 2.05) is 62.6 Å². The fourth-order valence-corrected chi connectivity index (χ4v) is 4.10. The van der Waals surface area contributed by atoms with E-state index in [1.54, 1.807) is 0 Å². The average Bonchev–Trinajstić information content (AvgIpc) is 2.66. The number of rotatable bonds is 7. The maximum atomic E-state index is 13.4. The lowest BCUT2D eigenvalue weighted by molar-refractivity contribution is 0.402. The van der Waals surface area contributed by atoms with Gasteiger partial charge in [0.25, 0.3) is 0 Å². The summed E-state index contributed by atoms with van der Waals surface area (Å²) in [5.74, 6) is -1.88. The molecule has 0 aliphatic carbocycles. The van der Waals surface area contributed by atoms with Crippen molar-refractivity contribution in [1.82, 2.24) is 9.62 Å². The minimum Gasteiger partial charge on any atom is -0.305 e. The van der Waals surface area contributed by atoms with Crippen LogP contribution in [0.1, 0.15) is 11.1 Å². The Bertz CT molecular complexity index is 1080. The van der Waals surface area contributed by atoms with Gasteiger partial charge in [0, 0.05) is 19.2 Å². The molecule has 3 aromatic rings. The number of benzene rings is 3. The fourth-order valence-electron chi connectivity index (χ4n) is 3.05. The Balaban J connectivity index is 1.82. The van der Waals surface area contributed by atoms with Crippen LogP contribution in [0.2, 0.25) is 0 Å². The number of nitrogens with one attached hydrogen (secondary N) is 1. The van der Waals surface area contributed by atoms with Crippen LogP contribution in [0.3, 0.4) is 0 Å². The molecular weight excluding hydrogens is 394 g/mol. The number of hydrogen-bond donors (Lipinski definition) is 1. The molecule has 3 rings (SSSR count). The number of halogens is 2. The van der Waals surface area contributed by atoms with E-state index in [4.69, 9.17) is 0 Å². The molecule has 3 aromatic carbocycles. The second kappa shape index (κ2) is 8.82. The lowest BCUT2D eigenvalue weighted by Gasteiger charge is -2.13. The minimum atomic E-state index is -4.06. The predicted octanol–water partition coefficient (Wildman–Crippen LogP) is 4.17. The van der Waals surface area contributed by atoms with Crippen molar-refractivity contribution in [2.24, 2.45) is 0 Å². The predicted molar refractivity (Wildman–Crippen MR) is 110 cm³/mol. The van der Waals surface area contributed by atoms with Crippen LogP contribution in [0.5, 0.6) is 0 Å². The van der Waals surface area contributed by atoms with Crippen LogP contribution in [-0.4, -0.2) is 27.4 Å². The Morgan fingerprint density at radius 1 is 0.897 bits per heavy atom. The molecule has 0 unspecified atom stereocenters. The fraction of sp³-hybridized carbons (Fsp3) is 0.182. The second-order valence-electron chi connectivity index (χ2n) is 7.02. The smallest absolute Gasteiger partial charge is 0.241 e. The molecule has 152 valence electrons. The molecule has 1 N–H and O–H groups in total. The van der Waals surface area contributed by atoms with E-state index in [1.165, 1.54) is 5.56 Å². The number of sulfonamides is 1. The zero-order chi connectivity index (χ0) is 21.0. The van der Waals surface area contributed by atoms with Crippen LogP contribution in [0.4, 0.5) is 8.78 Å². The number of nitrogens with zero attached hydrogens (tertiary/aromatic N) is 1. The highest BCUT2D eigenvalue weighted by Gasteiger charge is 2.17. The van der Waals surface area contributed by atoms with E-state index in [0.29, 0.717) is 6.07 Å². The summed E-state index contributed by atoms with van der Waals surface area (Å²) in [6, 6.07) is 17.7. The van der Waals surface area contributed by atoms with Crippen molar-refractivity contribution in [1.29, 1.82) is 0 Å². The van der Waals surface area contributed by atoms with Crippen molar-refractivity contribution in [2.75, 3.05) is 14.1 Å². The lowest BCUT2D eigenvalue weighted by atomic mass is 9.99. The first-order chi connectivity index (χ1) is 13.7. The summed E-state index contributed by atoms with van der Waals surface area (Å²) >= 11 is 0. The van der Waals surface area contributed by atoms with Gasteiger partial charge < -0.3 is 4.90 Å². The summed E-state index contributed by atoms with van der Waals surface area (Å²) in [5, 5.41) is 0. The van der Waals surface area contributed by atoms with E-state index in [9.17, 15) is 17.2 Å². The topological polar surface area (TPSA) is 49.4 Å². The van der Waals surface area contributed by atoms with Gasteiger partial charge in [0.2, 0.25) is 10.0 Å². The highest BCUT2D eigenvalue weighted by Crippen LogP contribution is 2.25. The van der Waals surface area contributed by atoms with E-state index < -0.39 is 26.6 Å². The first-order valence-electron chi connectivity index (χ1n) is 9.02. The van der Waals surface area contributed by atoms with Gasteiger partial charge in [0.1, 0.15) is 11.6 Å². The van der Waals surface area contributed by atoms with Gasteiger partial charge in [-0.05, 0) is 48.5 Å². The molecule has 4 nitrogen and oxygen atoms in total. The van der Waals surface area contributed by atoms with Crippen molar-refractivity contribution in [3.8, 4) is 11.1 Å². The van der Waals surface area contributed by atoms with Gasteiger partial charge in [-0.25, -0.2) is 21.9 Å². The molecule has 29 heavy (non-hydrogen) atoms. The molecule has 0 heterocycles. The summed E-state index contributed by atoms with van der Waals surface area (Å²) in [5.41, 5.74) is 3.77. The highest BCUT2D eigenvalue weighted by atomic mass is 32.2. The number of hydrogen-bond acceptors (Lipinski definition) is 3. The first-order valence-corrected chi connectivity index (χ1v) is 10.5. The van der Waals surface area contributed by atoms with E-state index >= 15 is 0 Å². The summed E-state index contributed by atoms with van der Waals surface area (Å²) < 4.78 is 54.1. The second-order valence-corrected chi connectivity index (χ2v) is 8.79. The summed E-state index contributed by atoms with van der Waals surface area (Å²) in [7, 11) is -0.0585. The first kappa shape index (κ1) is 21.1. The molecule has 0 atom stereocenters. The van der Waals surface area contributed by atoms with Gasteiger partial charge in [-0.3, -0.25) is 0 Å². The third-order valence-electron chi connectivity index (χ3n) is 4.38. The van der Waals surface area contributed by atoms with Gasteiger partial charge in [-0.2, -0.15) is 0 Å². The SMILES string of the molecule is CN(C)Cc1ccc(-c2ccccc2CNS(=O)(=O)c2cc(F)cc(F)c2)cc1. The average molecular weight is 416 g/mol. The maximum Gasteiger partial charge on any atom is 0.241 e. The van der Waals surface area contributed by atoms with Gasteiger partial charge in [-0.1, -0.05) is 48.5 Å². The molecule has 0 radical (unpaired) electrons. The van der Waals surface area contributed by atoms with Crippen LogP contribution < -0.4 is 4.72 Å². The third-order valence-corrected chi connectivity index (χ3v) is 5.76. The van der Waals surface area contributed by atoms with E-state index in [2.05, 4.69) is 9.62 Å². The Hall–Kier alpha value is -2.61. The van der Waals surface area contributed by atoms with E-state index in [0.717, 1.165) is 35.4 Å².